The first kappa shape index (κ1) is 15.9. The molecule has 0 aromatic heterocycles. The lowest BCUT2D eigenvalue weighted by atomic mass is 9.85. The standard InChI is InChI=1S/C13H25NO3/c1-6-7-14(10(2)3)11(15)8-13(4,5)9-12(16)17/h10H,6-9H2,1-5H3,(H,16,17). The Labute approximate surface area is 104 Å². The number of carboxylic acids is 1. The van der Waals surface area contributed by atoms with Crippen molar-refractivity contribution in [1.82, 2.24) is 4.90 Å². The van der Waals surface area contributed by atoms with Crippen molar-refractivity contribution in [3.05, 3.63) is 0 Å². The van der Waals surface area contributed by atoms with Crippen LogP contribution >= 0.6 is 0 Å². The maximum Gasteiger partial charge on any atom is 0.303 e. The third-order valence-electron chi connectivity index (χ3n) is 2.67. The smallest absolute Gasteiger partial charge is 0.303 e. The monoisotopic (exact) mass is 243 g/mol. The van der Waals surface area contributed by atoms with E-state index in [0.29, 0.717) is 0 Å². The van der Waals surface area contributed by atoms with E-state index in [9.17, 15) is 9.59 Å². The Kier molecular flexibility index (Phi) is 6.21. The van der Waals surface area contributed by atoms with Gasteiger partial charge in [-0.05, 0) is 25.7 Å². The van der Waals surface area contributed by atoms with Crippen LogP contribution in [-0.4, -0.2) is 34.5 Å². The van der Waals surface area contributed by atoms with Gasteiger partial charge in [-0.25, -0.2) is 0 Å². The number of amides is 1. The maximum absolute atomic E-state index is 12.1. The van der Waals surface area contributed by atoms with E-state index in [0.717, 1.165) is 13.0 Å². The van der Waals surface area contributed by atoms with E-state index in [2.05, 4.69) is 0 Å². The number of nitrogens with zero attached hydrogens (tertiary/aromatic N) is 1. The van der Waals surface area contributed by atoms with Crippen LogP contribution in [-0.2, 0) is 9.59 Å². The van der Waals surface area contributed by atoms with Gasteiger partial charge in [0.05, 0.1) is 6.42 Å². The average molecular weight is 243 g/mol. The van der Waals surface area contributed by atoms with Gasteiger partial charge >= 0.3 is 5.97 Å². The Morgan fingerprint density at radius 2 is 1.76 bits per heavy atom. The number of aliphatic carboxylic acids is 1. The molecule has 0 saturated carbocycles. The van der Waals surface area contributed by atoms with Gasteiger partial charge in [-0.15, -0.1) is 0 Å². The van der Waals surface area contributed by atoms with Gasteiger partial charge in [-0.2, -0.15) is 0 Å². The number of rotatable bonds is 7. The molecule has 1 N–H and O–H groups in total. The summed E-state index contributed by atoms with van der Waals surface area (Å²) < 4.78 is 0. The molecule has 0 spiro atoms. The zero-order valence-electron chi connectivity index (χ0n) is 11.6. The zero-order chi connectivity index (χ0) is 13.6. The molecule has 0 unspecified atom stereocenters. The van der Waals surface area contributed by atoms with Crippen LogP contribution in [0.4, 0.5) is 0 Å². The number of carboxylic acid groups (broad SMARTS) is 1. The van der Waals surface area contributed by atoms with Crippen molar-refractivity contribution in [3.8, 4) is 0 Å². The van der Waals surface area contributed by atoms with E-state index in [-0.39, 0.29) is 24.8 Å². The van der Waals surface area contributed by atoms with Crippen molar-refractivity contribution in [3.63, 3.8) is 0 Å². The molecule has 0 atom stereocenters. The van der Waals surface area contributed by atoms with E-state index in [4.69, 9.17) is 5.11 Å². The normalized spacial score (nSPS) is 11.6. The Bertz CT molecular complexity index is 272. The Hall–Kier alpha value is -1.06. The van der Waals surface area contributed by atoms with Crippen molar-refractivity contribution in [1.29, 1.82) is 0 Å². The summed E-state index contributed by atoms with van der Waals surface area (Å²) >= 11 is 0. The van der Waals surface area contributed by atoms with Gasteiger partial charge in [0.2, 0.25) is 5.91 Å². The van der Waals surface area contributed by atoms with Crippen molar-refractivity contribution in [2.24, 2.45) is 5.41 Å². The van der Waals surface area contributed by atoms with Crippen LogP contribution in [0.3, 0.4) is 0 Å². The fraction of sp³-hybridized carbons (Fsp3) is 0.846. The Balaban J connectivity index is 4.53. The van der Waals surface area contributed by atoms with Gasteiger partial charge < -0.3 is 10.0 Å². The van der Waals surface area contributed by atoms with Crippen LogP contribution in [0.25, 0.3) is 0 Å². The predicted octanol–water partition coefficient (Wildman–Crippen LogP) is 2.52. The minimum atomic E-state index is -0.852. The van der Waals surface area contributed by atoms with Gasteiger partial charge in [0.15, 0.2) is 0 Å². The third kappa shape index (κ3) is 6.29. The quantitative estimate of drug-likeness (QED) is 0.747. The molecular weight excluding hydrogens is 218 g/mol. The molecule has 100 valence electrons. The number of hydrogen-bond acceptors (Lipinski definition) is 2. The summed E-state index contributed by atoms with van der Waals surface area (Å²) in [5, 5.41) is 8.79. The van der Waals surface area contributed by atoms with Crippen LogP contribution in [0.15, 0.2) is 0 Å². The second kappa shape index (κ2) is 6.62. The molecule has 17 heavy (non-hydrogen) atoms. The predicted molar refractivity (Wildman–Crippen MR) is 67.8 cm³/mol. The van der Waals surface area contributed by atoms with Gasteiger partial charge in [0.1, 0.15) is 0 Å². The SMILES string of the molecule is CCCN(C(=O)CC(C)(C)CC(=O)O)C(C)C. The third-order valence-corrected chi connectivity index (χ3v) is 2.67. The summed E-state index contributed by atoms with van der Waals surface area (Å²) in [6.07, 6.45) is 1.23. The summed E-state index contributed by atoms with van der Waals surface area (Å²) in [6, 6.07) is 0.170. The van der Waals surface area contributed by atoms with Crippen molar-refractivity contribution in [2.75, 3.05) is 6.54 Å². The minimum Gasteiger partial charge on any atom is -0.481 e. The molecule has 0 saturated heterocycles. The van der Waals surface area contributed by atoms with E-state index in [1.54, 1.807) is 0 Å². The fourth-order valence-electron chi connectivity index (χ4n) is 1.89. The highest BCUT2D eigenvalue weighted by atomic mass is 16.4. The van der Waals surface area contributed by atoms with E-state index < -0.39 is 11.4 Å². The highest BCUT2D eigenvalue weighted by Gasteiger charge is 2.28. The molecule has 0 radical (unpaired) electrons. The average Bonchev–Trinajstić information content (AvgIpc) is 2.09. The summed E-state index contributed by atoms with van der Waals surface area (Å²) in [6.45, 7) is 10.4. The van der Waals surface area contributed by atoms with Gasteiger partial charge in [0, 0.05) is 19.0 Å². The van der Waals surface area contributed by atoms with E-state index in [1.807, 2.05) is 39.5 Å². The highest BCUT2D eigenvalue weighted by molar-refractivity contribution is 5.78. The molecule has 0 aliphatic rings. The van der Waals surface area contributed by atoms with Gasteiger partial charge in [-0.1, -0.05) is 20.8 Å². The lowest BCUT2D eigenvalue weighted by Gasteiger charge is -2.30. The van der Waals surface area contributed by atoms with Crippen LogP contribution in [0.5, 0.6) is 0 Å². The summed E-state index contributed by atoms with van der Waals surface area (Å²) in [5.74, 6) is -0.803. The Morgan fingerprint density at radius 3 is 2.12 bits per heavy atom. The molecule has 4 nitrogen and oxygen atoms in total. The van der Waals surface area contributed by atoms with Gasteiger partial charge in [0.25, 0.3) is 0 Å². The van der Waals surface area contributed by atoms with Crippen LogP contribution < -0.4 is 0 Å². The fourth-order valence-corrected chi connectivity index (χ4v) is 1.89. The number of carbonyl (C=O) groups excluding carboxylic acids is 1. The van der Waals surface area contributed by atoms with Crippen molar-refractivity contribution in [2.45, 2.75) is 59.9 Å². The molecule has 4 heteroatoms. The van der Waals surface area contributed by atoms with E-state index >= 15 is 0 Å². The first-order valence-electron chi connectivity index (χ1n) is 6.21. The largest absolute Gasteiger partial charge is 0.481 e. The highest BCUT2D eigenvalue weighted by Crippen LogP contribution is 2.26. The number of hydrogen-bond donors (Lipinski definition) is 1. The molecule has 0 heterocycles. The molecule has 1 amide bonds. The molecular formula is C13H25NO3. The lowest BCUT2D eigenvalue weighted by molar-refractivity contribution is -0.141. The molecule has 0 aromatic rings. The van der Waals surface area contributed by atoms with Crippen molar-refractivity contribution >= 4 is 11.9 Å². The van der Waals surface area contributed by atoms with Crippen LogP contribution in [0.2, 0.25) is 0 Å². The van der Waals surface area contributed by atoms with E-state index in [1.165, 1.54) is 0 Å². The van der Waals surface area contributed by atoms with Crippen molar-refractivity contribution < 1.29 is 14.7 Å². The number of carbonyl (C=O) groups is 2. The lowest BCUT2D eigenvalue weighted by Crippen LogP contribution is -2.40. The molecule has 0 aliphatic heterocycles. The molecule has 0 aromatic carbocycles. The Morgan fingerprint density at radius 1 is 1.24 bits per heavy atom. The van der Waals surface area contributed by atoms with Gasteiger partial charge in [-0.3, -0.25) is 9.59 Å². The first-order chi connectivity index (χ1) is 7.69. The summed E-state index contributed by atoms with van der Waals surface area (Å²) in [7, 11) is 0. The van der Waals surface area contributed by atoms with Crippen LogP contribution in [0, 0.1) is 5.41 Å². The first-order valence-corrected chi connectivity index (χ1v) is 6.21. The molecule has 0 rings (SSSR count). The molecule has 0 aliphatic carbocycles. The molecule has 0 bridgehead atoms. The maximum atomic E-state index is 12.1. The van der Waals surface area contributed by atoms with Crippen LogP contribution in [0.1, 0.15) is 53.9 Å². The minimum absolute atomic E-state index is 0.0246. The second-order valence-electron chi connectivity index (χ2n) is 5.59. The topological polar surface area (TPSA) is 57.6 Å². The summed E-state index contributed by atoms with van der Waals surface area (Å²) in [4.78, 5) is 24.6. The second-order valence-corrected chi connectivity index (χ2v) is 5.59. The molecule has 0 fully saturated rings. The summed E-state index contributed by atoms with van der Waals surface area (Å²) in [5.41, 5.74) is -0.482. The zero-order valence-corrected chi connectivity index (χ0v) is 11.6.